The van der Waals surface area contributed by atoms with E-state index in [0.29, 0.717) is 0 Å². The zero-order chi connectivity index (χ0) is 10.7. The Bertz CT molecular complexity index is 445. The smallest absolute Gasteiger partial charge is 0.0208 e. The molecule has 0 radical (unpaired) electrons. The van der Waals surface area contributed by atoms with Gasteiger partial charge < -0.3 is 5.32 Å². The van der Waals surface area contributed by atoms with E-state index >= 15 is 0 Å². The average molecular weight is 217 g/mol. The molecule has 0 aliphatic rings. The van der Waals surface area contributed by atoms with Crippen LogP contribution in [-0.2, 0) is 6.54 Å². The van der Waals surface area contributed by atoms with Gasteiger partial charge in [0.1, 0.15) is 0 Å². The van der Waals surface area contributed by atoms with E-state index in [9.17, 15) is 0 Å². The Morgan fingerprint density at radius 3 is 2.60 bits per heavy atom. The van der Waals surface area contributed by atoms with Crippen LogP contribution in [0.15, 0.2) is 35.7 Å². The molecular formula is C13H15NS. The van der Waals surface area contributed by atoms with Gasteiger partial charge in [0.25, 0.3) is 0 Å². The fraction of sp³-hybridized carbons (Fsp3) is 0.231. The average Bonchev–Trinajstić information content (AvgIpc) is 2.66. The third-order valence-corrected chi connectivity index (χ3v) is 3.38. The summed E-state index contributed by atoms with van der Waals surface area (Å²) in [6.45, 7) is 3.10. The van der Waals surface area contributed by atoms with Crippen LogP contribution in [0.3, 0.4) is 0 Å². The number of hydrogen-bond donors (Lipinski definition) is 1. The van der Waals surface area contributed by atoms with Gasteiger partial charge in [-0.25, -0.2) is 0 Å². The van der Waals surface area contributed by atoms with Gasteiger partial charge in [0.05, 0.1) is 0 Å². The van der Waals surface area contributed by atoms with Gasteiger partial charge in [-0.3, -0.25) is 0 Å². The van der Waals surface area contributed by atoms with Gasteiger partial charge in [-0.15, -0.1) is 11.3 Å². The van der Waals surface area contributed by atoms with Crippen molar-refractivity contribution in [2.45, 2.75) is 13.5 Å². The van der Waals surface area contributed by atoms with Crippen molar-refractivity contribution in [1.82, 2.24) is 5.32 Å². The van der Waals surface area contributed by atoms with Crippen molar-refractivity contribution >= 4 is 11.3 Å². The van der Waals surface area contributed by atoms with Gasteiger partial charge >= 0.3 is 0 Å². The first-order valence-corrected chi connectivity index (χ1v) is 5.98. The van der Waals surface area contributed by atoms with Crippen LogP contribution in [0.5, 0.6) is 0 Å². The number of rotatable bonds is 3. The Morgan fingerprint density at radius 1 is 1.13 bits per heavy atom. The van der Waals surface area contributed by atoms with Crippen LogP contribution >= 0.6 is 11.3 Å². The molecule has 0 fully saturated rings. The van der Waals surface area contributed by atoms with E-state index in [2.05, 4.69) is 48.0 Å². The van der Waals surface area contributed by atoms with Crippen LogP contribution in [-0.4, -0.2) is 7.05 Å². The van der Waals surface area contributed by atoms with Gasteiger partial charge in [0.2, 0.25) is 0 Å². The second kappa shape index (κ2) is 4.60. The zero-order valence-electron chi connectivity index (χ0n) is 9.08. The van der Waals surface area contributed by atoms with E-state index in [0.717, 1.165) is 6.54 Å². The molecule has 2 aromatic rings. The zero-order valence-corrected chi connectivity index (χ0v) is 9.90. The largest absolute Gasteiger partial charge is 0.316 e. The van der Waals surface area contributed by atoms with E-state index in [1.807, 2.05) is 7.05 Å². The molecule has 0 spiro atoms. The maximum Gasteiger partial charge on any atom is 0.0208 e. The second-order valence-corrected chi connectivity index (χ2v) is 4.70. The summed E-state index contributed by atoms with van der Waals surface area (Å²) in [5.41, 5.74) is 4.08. The Balaban J connectivity index is 2.48. The normalized spacial score (nSPS) is 10.5. The first-order chi connectivity index (χ1) is 7.33. The molecule has 1 aromatic heterocycles. The number of benzene rings is 1. The molecule has 15 heavy (non-hydrogen) atoms. The summed E-state index contributed by atoms with van der Waals surface area (Å²) in [6.07, 6.45) is 0. The van der Waals surface area contributed by atoms with Crippen LogP contribution in [0.2, 0.25) is 0 Å². The third-order valence-electron chi connectivity index (χ3n) is 2.53. The molecule has 0 bridgehead atoms. The van der Waals surface area contributed by atoms with Crippen molar-refractivity contribution in [2.24, 2.45) is 0 Å². The van der Waals surface area contributed by atoms with E-state index in [1.165, 1.54) is 21.6 Å². The fourth-order valence-electron chi connectivity index (χ4n) is 1.79. The Morgan fingerprint density at radius 2 is 1.93 bits per heavy atom. The van der Waals surface area contributed by atoms with E-state index < -0.39 is 0 Å². The second-order valence-electron chi connectivity index (χ2n) is 3.58. The lowest BCUT2D eigenvalue weighted by Gasteiger charge is -2.08. The minimum Gasteiger partial charge on any atom is -0.316 e. The van der Waals surface area contributed by atoms with Crippen molar-refractivity contribution in [3.63, 3.8) is 0 Å². The Labute approximate surface area is 94.8 Å². The number of nitrogens with one attached hydrogen (secondary N) is 1. The lowest BCUT2D eigenvalue weighted by molar-refractivity contribution is 0.819. The van der Waals surface area contributed by atoms with Gasteiger partial charge in [0.15, 0.2) is 0 Å². The van der Waals surface area contributed by atoms with Crippen LogP contribution in [0, 0.1) is 6.92 Å². The molecule has 78 valence electrons. The first-order valence-electron chi connectivity index (χ1n) is 5.10. The van der Waals surface area contributed by atoms with E-state index in [1.54, 1.807) is 11.3 Å². The van der Waals surface area contributed by atoms with Crippen LogP contribution in [0.4, 0.5) is 0 Å². The summed E-state index contributed by atoms with van der Waals surface area (Å²) in [5, 5.41) is 5.36. The number of hydrogen-bond acceptors (Lipinski definition) is 2. The molecule has 0 aliphatic carbocycles. The predicted octanol–water partition coefficient (Wildman–Crippen LogP) is 3.44. The summed E-state index contributed by atoms with van der Waals surface area (Å²) in [5.74, 6) is 0. The highest BCUT2D eigenvalue weighted by Gasteiger charge is 2.06. The van der Waals surface area contributed by atoms with Crippen molar-refractivity contribution in [3.8, 4) is 11.1 Å². The molecule has 1 aromatic carbocycles. The standard InChI is InChI=1S/C13H15NS/c1-10-12(7-8-15-10)13-6-4-3-5-11(13)9-14-2/h3-8,14H,9H2,1-2H3. The molecule has 0 saturated carbocycles. The monoisotopic (exact) mass is 217 g/mol. The van der Waals surface area contributed by atoms with Gasteiger partial charge in [-0.05, 0) is 42.1 Å². The highest BCUT2D eigenvalue weighted by atomic mass is 32.1. The minimum atomic E-state index is 0.922. The number of aryl methyl sites for hydroxylation is 1. The molecular weight excluding hydrogens is 202 g/mol. The fourth-order valence-corrected chi connectivity index (χ4v) is 2.51. The molecule has 1 heterocycles. The van der Waals surface area contributed by atoms with Gasteiger partial charge in [-0.1, -0.05) is 24.3 Å². The maximum absolute atomic E-state index is 3.21. The van der Waals surface area contributed by atoms with Crippen LogP contribution in [0.25, 0.3) is 11.1 Å². The highest BCUT2D eigenvalue weighted by Crippen LogP contribution is 2.29. The van der Waals surface area contributed by atoms with Gasteiger partial charge in [0, 0.05) is 11.4 Å². The van der Waals surface area contributed by atoms with Crippen molar-refractivity contribution < 1.29 is 0 Å². The molecule has 0 unspecified atom stereocenters. The van der Waals surface area contributed by atoms with Crippen molar-refractivity contribution in [2.75, 3.05) is 7.05 Å². The van der Waals surface area contributed by atoms with Gasteiger partial charge in [-0.2, -0.15) is 0 Å². The summed E-state index contributed by atoms with van der Waals surface area (Å²) < 4.78 is 0. The first kappa shape index (κ1) is 10.4. The highest BCUT2D eigenvalue weighted by molar-refractivity contribution is 7.10. The lowest BCUT2D eigenvalue weighted by Crippen LogP contribution is -2.06. The van der Waals surface area contributed by atoms with E-state index in [-0.39, 0.29) is 0 Å². The summed E-state index contributed by atoms with van der Waals surface area (Å²) in [6, 6.07) is 10.8. The molecule has 0 saturated heterocycles. The summed E-state index contributed by atoms with van der Waals surface area (Å²) in [7, 11) is 1.98. The van der Waals surface area contributed by atoms with Crippen LogP contribution in [0.1, 0.15) is 10.4 Å². The topological polar surface area (TPSA) is 12.0 Å². The number of thiophene rings is 1. The van der Waals surface area contributed by atoms with E-state index in [4.69, 9.17) is 0 Å². The molecule has 0 atom stereocenters. The molecule has 2 heteroatoms. The Hall–Kier alpha value is -1.12. The third kappa shape index (κ3) is 2.11. The predicted molar refractivity (Wildman–Crippen MR) is 67.3 cm³/mol. The lowest BCUT2D eigenvalue weighted by atomic mass is 10.0. The maximum atomic E-state index is 3.21. The Kier molecular flexibility index (Phi) is 3.19. The molecule has 0 aliphatic heterocycles. The SMILES string of the molecule is CNCc1ccccc1-c1ccsc1C. The summed E-state index contributed by atoms with van der Waals surface area (Å²) in [4.78, 5) is 1.39. The minimum absolute atomic E-state index is 0.922. The molecule has 1 nitrogen and oxygen atoms in total. The quantitative estimate of drug-likeness (QED) is 0.830. The van der Waals surface area contributed by atoms with Crippen LogP contribution < -0.4 is 5.32 Å². The van der Waals surface area contributed by atoms with Crippen molar-refractivity contribution in [1.29, 1.82) is 0 Å². The summed E-state index contributed by atoms with van der Waals surface area (Å²) >= 11 is 1.81. The molecule has 2 rings (SSSR count). The van der Waals surface area contributed by atoms with Crippen molar-refractivity contribution in [3.05, 3.63) is 46.2 Å². The molecule has 1 N–H and O–H groups in total. The molecule has 0 amide bonds.